The number of rotatable bonds is 8. The number of alkyl halides is 2. The molecule has 0 unspecified atom stereocenters. The van der Waals surface area contributed by atoms with E-state index in [0.717, 1.165) is 0 Å². The number of hydrogen-bond donors (Lipinski definition) is 4. The van der Waals surface area contributed by atoms with Crippen molar-refractivity contribution in [3.63, 3.8) is 0 Å². The highest BCUT2D eigenvalue weighted by Gasteiger charge is 2.51. The van der Waals surface area contributed by atoms with Gasteiger partial charge in [0.1, 0.15) is 6.04 Å². The first-order chi connectivity index (χ1) is 17.1. The first kappa shape index (κ1) is 26.6. The number of amides is 3. The van der Waals surface area contributed by atoms with Gasteiger partial charge in [0, 0.05) is 18.0 Å². The number of nitrogens with one attached hydrogen (secondary N) is 2. The Morgan fingerprint density at radius 1 is 1.17 bits per heavy atom. The van der Waals surface area contributed by atoms with Gasteiger partial charge in [-0.25, -0.2) is 8.78 Å². The Labute approximate surface area is 207 Å². The van der Waals surface area contributed by atoms with Gasteiger partial charge in [-0.15, -0.1) is 0 Å². The van der Waals surface area contributed by atoms with E-state index in [9.17, 15) is 28.3 Å². The average molecular weight is 499 g/mol. The zero-order valence-corrected chi connectivity index (χ0v) is 19.7. The maximum absolute atomic E-state index is 14.3. The van der Waals surface area contributed by atoms with Gasteiger partial charge in [-0.05, 0) is 30.5 Å². The molecule has 0 spiro atoms. The monoisotopic (exact) mass is 498 g/mol. The lowest BCUT2D eigenvalue weighted by Crippen LogP contribution is -2.56. The van der Waals surface area contributed by atoms with Gasteiger partial charge in [0.05, 0.1) is 19.1 Å². The van der Waals surface area contributed by atoms with Crippen LogP contribution in [0, 0.1) is 18.9 Å². The van der Waals surface area contributed by atoms with E-state index in [1.807, 2.05) is 0 Å². The minimum Gasteiger partial charge on any atom is -0.381 e. The van der Waals surface area contributed by atoms with Crippen LogP contribution >= 0.6 is 0 Å². The molecule has 0 aromatic heterocycles. The first-order valence-corrected chi connectivity index (χ1v) is 11.4. The SMILES string of the molecule is Cc1ccccc1C(=O)N[C@@H](Cc1ccccc1)[C@H](O)C(=O)N1CC(F)(F)C[C@H]1C(=O)NCC#CN. The Kier molecular flexibility index (Phi) is 8.61. The third-order valence-electron chi connectivity index (χ3n) is 5.95. The summed E-state index contributed by atoms with van der Waals surface area (Å²) in [6.07, 6.45) is -2.73. The highest BCUT2D eigenvalue weighted by molar-refractivity contribution is 5.96. The highest BCUT2D eigenvalue weighted by Crippen LogP contribution is 2.33. The summed E-state index contributed by atoms with van der Waals surface area (Å²) >= 11 is 0. The van der Waals surface area contributed by atoms with E-state index in [-0.39, 0.29) is 13.0 Å². The molecule has 10 heteroatoms. The molecule has 2 aromatic rings. The van der Waals surface area contributed by atoms with Crippen molar-refractivity contribution in [3.05, 3.63) is 71.3 Å². The molecule has 1 aliphatic heterocycles. The van der Waals surface area contributed by atoms with E-state index < -0.39 is 54.8 Å². The summed E-state index contributed by atoms with van der Waals surface area (Å²) in [5.41, 5.74) is 6.79. The maximum atomic E-state index is 14.3. The van der Waals surface area contributed by atoms with E-state index in [2.05, 4.69) is 22.6 Å². The largest absolute Gasteiger partial charge is 0.381 e. The van der Waals surface area contributed by atoms with E-state index in [0.29, 0.717) is 21.6 Å². The molecule has 1 saturated heterocycles. The highest BCUT2D eigenvalue weighted by atomic mass is 19.3. The van der Waals surface area contributed by atoms with Gasteiger partial charge in [0.25, 0.3) is 17.7 Å². The normalized spacial score (nSPS) is 17.9. The molecular formula is C26H28F2N4O4. The predicted octanol–water partition coefficient (Wildman–Crippen LogP) is 0.969. The van der Waals surface area contributed by atoms with E-state index in [4.69, 9.17) is 5.73 Å². The number of benzene rings is 2. The number of likely N-dealkylation sites (tertiary alicyclic amines) is 1. The lowest BCUT2D eigenvalue weighted by Gasteiger charge is -2.30. The van der Waals surface area contributed by atoms with Gasteiger partial charge in [-0.1, -0.05) is 54.5 Å². The quantitative estimate of drug-likeness (QED) is 0.319. The number of nitrogens with two attached hydrogens (primary N) is 1. The molecule has 2 aromatic carbocycles. The Hall–Kier alpha value is -3.97. The van der Waals surface area contributed by atoms with Crippen molar-refractivity contribution in [2.45, 2.75) is 43.9 Å². The average Bonchev–Trinajstić information content (AvgIpc) is 3.19. The summed E-state index contributed by atoms with van der Waals surface area (Å²) in [5.74, 6) is -3.38. The third-order valence-corrected chi connectivity index (χ3v) is 5.95. The van der Waals surface area contributed by atoms with Crippen molar-refractivity contribution in [1.29, 1.82) is 0 Å². The van der Waals surface area contributed by atoms with Crippen molar-refractivity contribution >= 4 is 17.7 Å². The Balaban J connectivity index is 1.85. The summed E-state index contributed by atoms with van der Waals surface area (Å²) < 4.78 is 28.5. The topological polar surface area (TPSA) is 125 Å². The molecule has 0 bridgehead atoms. The van der Waals surface area contributed by atoms with Crippen LogP contribution in [-0.4, -0.2) is 64.9 Å². The zero-order valence-electron chi connectivity index (χ0n) is 19.7. The van der Waals surface area contributed by atoms with Crippen LogP contribution in [0.25, 0.3) is 0 Å². The maximum Gasteiger partial charge on any atom is 0.267 e. The van der Waals surface area contributed by atoms with Crippen LogP contribution in [0.4, 0.5) is 8.78 Å². The number of hydrogen-bond acceptors (Lipinski definition) is 5. The number of carbonyl (C=O) groups is 3. The Bertz CT molecular complexity index is 1160. The molecule has 3 atom stereocenters. The van der Waals surface area contributed by atoms with Crippen LogP contribution in [0.3, 0.4) is 0 Å². The molecule has 0 saturated carbocycles. The molecule has 3 rings (SSSR count). The van der Waals surface area contributed by atoms with E-state index >= 15 is 0 Å². The van der Waals surface area contributed by atoms with Crippen molar-refractivity contribution in [1.82, 2.24) is 15.5 Å². The zero-order chi connectivity index (χ0) is 26.3. The number of halogens is 2. The van der Waals surface area contributed by atoms with Crippen molar-refractivity contribution in [3.8, 4) is 12.0 Å². The molecule has 3 amide bonds. The number of aryl methyl sites for hydroxylation is 1. The van der Waals surface area contributed by atoms with Gasteiger partial charge >= 0.3 is 0 Å². The smallest absolute Gasteiger partial charge is 0.267 e. The van der Waals surface area contributed by atoms with Gasteiger partial charge < -0.3 is 26.4 Å². The second-order valence-electron chi connectivity index (χ2n) is 8.61. The second kappa shape index (κ2) is 11.6. The molecule has 0 aliphatic carbocycles. The molecule has 0 radical (unpaired) electrons. The Morgan fingerprint density at radius 3 is 2.50 bits per heavy atom. The molecule has 1 heterocycles. The Morgan fingerprint density at radius 2 is 1.83 bits per heavy atom. The molecular weight excluding hydrogens is 470 g/mol. The van der Waals surface area contributed by atoms with Crippen LogP contribution < -0.4 is 16.4 Å². The number of aliphatic hydroxyl groups is 1. The van der Waals surface area contributed by atoms with Crippen LogP contribution in [0.1, 0.15) is 27.9 Å². The lowest BCUT2D eigenvalue weighted by atomic mass is 9.99. The first-order valence-electron chi connectivity index (χ1n) is 11.4. The fraction of sp³-hybridized carbons (Fsp3) is 0.346. The minimum atomic E-state index is -3.32. The van der Waals surface area contributed by atoms with Gasteiger partial charge in [0.15, 0.2) is 6.10 Å². The molecule has 1 fully saturated rings. The van der Waals surface area contributed by atoms with Gasteiger partial charge in [-0.3, -0.25) is 14.4 Å². The summed E-state index contributed by atoms with van der Waals surface area (Å²) in [7, 11) is 0. The summed E-state index contributed by atoms with van der Waals surface area (Å²) in [6, 6.07) is 15.0. The lowest BCUT2D eigenvalue weighted by molar-refractivity contribution is -0.147. The fourth-order valence-electron chi connectivity index (χ4n) is 4.11. The standard InChI is InChI=1S/C26H28F2N4O4/c1-17-8-5-6-11-19(17)23(34)31-20(14-18-9-3-2-4-10-18)22(33)25(36)32-16-26(27,28)15-21(32)24(35)30-13-7-12-29/h2-6,8-11,20-22,33H,13-16,29H2,1H3,(H,30,35)(H,31,34)/t20-,21-,22-/m0/s1. The third kappa shape index (κ3) is 6.58. The summed E-state index contributed by atoms with van der Waals surface area (Å²) in [4.78, 5) is 39.4. The number of aliphatic hydroxyl groups excluding tert-OH is 1. The van der Waals surface area contributed by atoms with Crippen molar-refractivity contribution < 1.29 is 28.3 Å². The van der Waals surface area contributed by atoms with Crippen molar-refractivity contribution in [2.24, 2.45) is 5.73 Å². The summed E-state index contributed by atoms with van der Waals surface area (Å²) in [6.45, 7) is 0.533. The van der Waals surface area contributed by atoms with Crippen LogP contribution in [0.5, 0.6) is 0 Å². The minimum absolute atomic E-state index is 0.0541. The van der Waals surface area contributed by atoms with E-state index in [1.54, 1.807) is 61.5 Å². The van der Waals surface area contributed by atoms with Crippen LogP contribution in [0.2, 0.25) is 0 Å². The van der Waals surface area contributed by atoms with E-state index in [1.165, 1.54) is 0 Å². The second-order valence-corrected chi connectivity index (χ2v) is 8.61. The van der Waals surface area contributed by atoms with Crippen LogP contribution in [0.15, 0.2) is 54.6 Å². The number of carbonyl (C=O) groups excluding carboxylic acids is 3. The van der Waals surface area contributed by atoms with Crippen LogP contribution in [-0.2, 0) is 16.0 Å². The molecule has 1 aliphatic rings. The van der Waals surface area contributed by atoms with Gasteiger partial charge in [-0.2, -0.15) is 0 Å². The number of nitrogens with zero attached hydrogens (tertiary/aromatic N) is 1. The molecule has 5 N–H and O–H groups in total. The molecule has 8 nitrogen and oxygen atoms in total. The predicted molar refractivity (Wildman–Crippen MR) is 129 cm³/mol. The molecule has 36 heavy (non-hydrogen) atoms. The molecule has 190 valence electrons. The van der Waals surface area contributed by atoms with Crippen molar-refractivity contribution in [2.75, 3.05) is 13.1 Å². The fourth-order valence-corrected chi connectivity index (χ4v) is 4.11. The van der Waals surface area contributed by atoms with Gasteiger partial charge in [0.2, 0.25) is 5.91 Å². The summed E-state index contributed by atoms with van der Waals surface area (Å²) in [5, 5.41) is 16.0.